The average molecular weight is 373 g/mol. The summed E-state index contributed by atoms with van der Waals surface area (Å²) in [6.07, 6.45) is 1.65. The van der Waals surface area contributed by atoms with Gasteiger partial charge in [-0.1, -0.05) is 11.6 Å². The summed E-state index contributed by atoms with van der Waals surface area (Å²) in [5.41, 5.74) is 0. The topological polar surface area (TPSA) is 50.8 Å². The van der Waals surface area contributed by atoms with E-state index < -0.39 is 5.82 Å². The molecule has 1 saturated heterocycles. The number of ether oxygens (including phenoxy) is 2. The fraction of sp³-hybridized carbons (Fsp3) is 0.611. The first-order valence-electron chi connectivity index (χ1n) is 8.66. The third kappa shape index (κ3) is 7.18. The third-order valence-corrected chi connectivity index (χ3v) is 4.24. The highest BCUT2D eigenvalue weighted by atomic mass is 35.5. The van der Waals surface area contributed by atoms with Crippen molar-refractivity contribution in [1.82, 2.24) is 10.2 Å². The van der Waals surface area contributed by atoms with Crippen LogP contribution in [0, 0.1) is 5.82 Å². The Morgan fingerprint density at radius 1 is 1.40 bits per heavy atom. The van der Waals surface area contributed by atoms with Gasteiger partial charge >= 0.3 is 0 Å². The molecule has 2 atom stereocenters. The van der Waals surface area contributed by atoms with E-state index in [-0.39, 0.29) is 36.2 Å². The van der Waals surface area contributed by atoms with Crippen molar-refractivity contribution in [3.8, 4) is 5.75 Å². The monoisotopic (exact) mass is 372 g/mol. The van der Waals surface area contributed by atoms with Crippen LogP contribution in [0.2, 0.25) is 5.02 Å². The molecule has 2 unspecified atom stereocenters. The maximum Gasteiger partial charge on any atom is 0.223 e. The SMILES string of the molecule is CC1CN(CCCNC(=O)CCOc2ccc(F)cc2Cl)CC(C)O1. The van der Waals surface area contributed by atoms with E-state index in [9.17, 15) is 9.18 Å². The molecule has 0 aliphatic carbocycles. The van der Waals surface area contributed by atoms with Crippen molar-refractivity contribution in [3.05, 3.63) is 29.0 Å². The lowest BCUT2D eigenvalue weighted by Gasteiger charge is -2.35. The molecule has 1 aliphatic heterocycles. The van der Waals surface area contributed by atoms with Gasteiger partial charge < -0.3 is 14.8 Å². The third-order valence-electron chi connectivity index (χ3n) is 3.95. The van der Waals surface area contributed by atoms with Crippen molar-refractivity contribution in [2.45, 2.75) is 38.9 Å². The Balaban J connectivity index is 1.56. The maximum atomic E-state index is 12.9. The number of morpholine rings is 1. The summed E-state index contributed by atoms with van der Waals surface area (Å²) in [7, 11) is 0. The largest absolute Gasteiger partial charge is 0.491 e. The Kier molecular flexibility index (Phi) is 7.93. The summed E-state index contributed by atoms with van der Waals surface area (Å²) in [6.45, 7) is 7.82. The van der Waals surface area contributed by atoms with Crippen LogP contribution >= 0.6 is 11.6 Å². The van der Waals surface area contributed by atoms with Crippen LogP contribution in [0.5, 0.6) is 5.75 Å². The van der Waals surface area contributed by atoms with Crippen molar-refractivity contribution in [2.24, 2.45) is 0 Å². The number of rotatable bonds is 8. The number of hydrogen-bond acceptors (Lipinski definition) is 4. The summed E-state index contributed by atoms with van der Waals surface area (Å²) in [5.74, 6) is -0.104. The number of halogens is 2. The van der Waals surface area contributed by atoms with Gasteiger partial charge in [0.15, 0.2) is 0 Å². The molecule has 0 aromatic heterocycles. The lowest BCUT2D eigenvalue weighted by Crippen LogP contribution is -2.46. The van der Waals surface area contributed by atoms with Gasteiger partial charge in [0.05, 0.1) is 30.3 Å². The number of benzene rings is 1. The zero-order valence-electron chi connectivity index (χ0n) is 14.8. The second-order valence-corrected chi connectivity index (χ2v) is 6.80. The lowest BCUT2D eigenvalue weighted by molar-refractivity contribution is -0.121. The van der Waals surface area contributed by atoms with Crippen molar-refractivity contribution in [2.75, 3.05) is 32.8 Å². The Labute approximate surface area is 153 Å². The van der Waals surface area contributed by atoms with E-state index in [0.717, 1.165) is 26.1 Å². The predicted molar refractivity (Wildman–Crippen MR) is 95.6 cm³/mol. The highest BCUT2D eigenvalue weighted by Gasteiger charge is 2.21. The van der Waals surface area contributed by atoms with Crippen LogP contribution in [0.25, 0.3) is 0 Å². The summed E-state index contributed by atoms with van der Waals surface area (Å²) in [5, 5.41) is 3.09. The highest BCUT2D eigenvalue weighted by Crippen LogP contribution is 2.24. The summed E-state index contributed by atoms with van der Waals surface area (Å²) in [4.78, 5) is 14.2. The zero-order chi connectivity index (χ0) is 18.2. The normalized spacial score (nSPS) is 21.1. The van der Waals surface area contributed by atoms with Crippen LogP contribution in [0.1, 0.15) is 26.7 Å². The average Bonchev–Trinajstić information content (AvgIpc) is 2.53. The molecular formula is C18H26ClFN2O3. The van der Waals surface area contributed by atoms with E-state index in [2.05, 4.69) is 24.1 Å². The van der Waals surface area contributed by atoms with E-state index >= 15 is 0 Å². The molecule has 2 rings (SSSR count). The fourth-order valence-electron chi connectivity index (χ4n) is 2.93. The molecule has 1 aliphatic rings. The molecule has 0 radical (unpaired) electrons. The van der Waals surface area contributed by atoms with Crippen LogP contribution in [0.4, 0.5) is 4.39 Å². The van der Waals surface area contributed by atoms with Gasteiger partial charge in [-0.05, 0) is 38.5 Å². The number of carbonyl (C=O) groups is 1. The summed E-state index contributed by atoms with van der Waals surface area (Å²) < 4.78 is 24.0. The van der Waals surface area contributed by atoms with E-state index in [1.54, 1.807) is 0 Å². The second kappa shape index (κ2) is 9.94. The van der Waals surface area contributed by atoms with Gasteiger partial charge in [-0.25, -0.2) is 4.39 Å². The smallest absolute Gasteiger partial charge is 0.223 e. The first-order chi connectivity index (χ1) is 11.9. The molecule has 1 aromatic rings. The summed E-state index contributed by atoms with van der Waals surface area (Å²) >= 11 is 5.86. The van der Waals surface area contributed by atoms with Gasteiger partial charge in [-0.3, -0.25) is 9.69 Å². The van der Waals surface area contributed by atoms with Gasteiger partial charge in [0.1, 0.15) is 11.6 Å². The fourth-order valence-corrected chi connectivity index (χ4v) is 3.15. The van der Waals surface area contributed by atoms with Crippen LogP contribution in [-0.2, 0) is 9.53 Å². The minimum absolute atomic E-state index is 0.0676. The summed E-state index contributed by atoms with van der Waals surface area (Å²) in [6, 6.07) is 3.92. The number of nitrogens with one attached hydrogen (secondary N) is 1. The first kappa shape index (κ1) is 19.9. The molecule has 1 heterocycles. The van der Waals surface area contributed by atoms with Gasteiger partial charge in [0, 0.05) is 26.2 Å². The molecule has 1 amide bonds. The Hall–Kier alpha value is -1.37. The van der Waals surface area contributed by atoms with E-state index in [0.29, 0.717) is 12.3 Å². The molecule has 0 bridgehead atoms. The van der Waals surface area contributed by atoms with E-state index in [1.807, 2.05) is 0 Å². The van der Waals surface area contributed by atoms with Crippen LogP contribution in [0.3, 0.4) is 0 Å². The quantitative estimate of drug-likeness (QED) is 0.713. The van der Waals surface area contributed by atoms with Gasteiger partial charge in [-0.2, -0.15) is 0 Å². The van der Waals surface area contributed by atoms with Crippen LogP contribution in [0.15, 0.2) is 18.2 Å². The van der Waals surface area contributed by atoms with Crippen molar-refractivity contribution in [1.29, 1.82) is 0 Å². The number of amides is 1. The van der Waals surface area contributed by atoms with Gasteiger partial charge in [-0.15, -0.1) is 0 Å². The Bertz CT molecular complexity index is 563. The van der Waals surface area contributed by atoms with Crippen molar-refractivity contribution < 1.29 is 18.7 Å². The minimum Gasteiger partial charge on any atom is -0.491 e. The van der Waals surface area contributed by atoms with Crippen LogP contribution < -0.4 is 10.1 Å². The molecule has 140 valence electrons. The van der Waals surface area contributed by atoms with Crippen LogP contribution in [-0.4, -0.2) is 55.8 Å². The van der Waals surface area contributed by atoms with E-state index in [1.165, 1.54) is 18.2 Å². The molecule has 1 aromatic carbocycles. The van der Waals surface area contributed by atoms with E-state index in [4.69, 9.17) is 21.1 Å². The molecular weight excluding hydrogens is 347 g/mol. The molecule has 0 saturated carbocycles. The van der Waals surface area contributed by atoms with Crippen molar-refractivity contribution in [3.63, 3.8) is 0 Å². The molecule has 1 fully saturated rings. The molecule has 0 spiro atoms. The lowest BCUT2D eigenvalue weighted by atomic mass is 10.2. The first-order valence-corrected chi connectivity index (χ1v) is 9.04. The molecule has 1 N–H and O–H groups in total. The molecule has 25 heavy (non-hydrogen) atoms. The number of carbonyl (C=O) groups excluding carboxylic acids is 1. The standard InChI is InChI=1S/C18H26ClFN2O3/c1-13-11-22(12-14(2)25-13)8-3-7-21-18(23)6-9-24-17-5-4-15(20)10-16(17)19/h4-5,10,13-14H,3,6-9,11-12H2,1-2H3,(H,21,23). The molecule has 5 nitrogen and oxygen atoms in total. The predicted octanol–water partition coefficient (Wildman–Crippen LogP) is 2.86. The Morgan fingerprint density at radius 3 is 2.80 bits per heavy atom. The minimum atomic E-state index is -0.417. The van der Waals surface area contributed by atoms with Crippen molar-refractivity contribution >= 4 is 17.5 Å². The maximum absolute atomic E-state index is 12.9. The van der Waals surface area contributed by atoms with Gasteiger partial charge in [0.2, 0.25) is 5.91 Å². The molecule has 7 heteroatoms. The highest BCUT2D eigenvalue weighted by molar-refractivity contribution is 6.32. The number of nitrogens with zero attached hydrogens (tertiary/aromatic N) is 1. The zero-order valence-corrected chi connectivity index (χ0v) is 15.5. The number of hydrogen-bond donors (Lipinski definition) is 1. The van der Waals surface area contributed by atoms with Gasteiger partial charge in [0.25, 0.3) is 0 Å². The Morgan fingerprint density at radius 2 is 2.12 bits per heavy atom. The second-order valence-electron chi connectivity index (χ2n) is 6.39.